The first-order valence-electron chi connectivity index (χ1n) is 18.2. The van der Waals surface area contributed by atoms with Gasteiger partial charge in [0.1, 0.15) is 24.4 Å². The van der Waals surface area contributed by atoms with E-state index in [1.165, 1.54) is 129 Å². The third-order valence-electron chi connectivity index (χ3n) is 9.00. The smallest absolute Gasteiger partial charge is 0.217 e. The van der Waals surface area contributed by atoms with E-state index in [2.05, 4.69) is 12.2 Å². The molecule has 0 aromatic rings. The van der Waals surface area contributed by atoms with Gasteiger partial charge in [-0.3, -0.25) is 4.79 Å². The Labute approximate surface area is 268 Å². The van der Waals surface area contributed by atoms with Gasteiger partial charge in [0.05, 0.1) is 25.4 Å². The fourth-order valence-corrected chi connectivity index (χ4v) is 6.08. The summed E-state index contributed by atoms with van der Waals surface area (Å²) < 4.78 is 10.9. The quantitative estimate of drug-likeness (QED) is 0.0580. The number of ether oxygens (including phenoxy) is 2. The molecule has 7 atom stereocenters. The van der Waals surface area contributed by atoms with E-state index in [0.717, 1.165) is 19.3 Å². The first-order valence-corrected chi connectivity index (χ1v) is 18.2. The average Bonchev–Trinajstić information content (AvgIpc) is 3.01. The molecule has 0 aromatic carbocycles. The normalized spacial score (nSPS) is 23.5. The summed E-state index contributed by atoms with van der Waals surface area (Å²) in [6, 6.07) is -0.713. The van der Waals surface area contributed by atoms with Crippen molar-refractivity contribution in [3.8, 4) is 0 Å². The van der Waals surface area contributed by atoms with Gasteiger partial charge in [-0.1, -0.05) is 148 Å². The first kappa shape index (κ1) is 41.2. The Bertz CT molecular complexity index is 667. The summed E-state index contributed by atoms with van der Waals surface area (Å²) in [6.07, 6.45) is 21.8. The van der Waals surface area contributed by atoms with Crippen LogP contribution in [0, 0.1) is 0 Å². The zero-order valence-electron chi connectivity index (χ0n) is 28.2. The van der Waals surface area contributed by atoms with E-state index in [9.17, 15) is 30.3 Å². The Hall–Kier alpha value is -0.810. The van der Waals surface area contributed by atoms with Crippen LogP contribution in [-0.2, 0) is 14.3 Å². The highest BCUT2D eigenvalue weighted by atomic mass is 16.7. The molecular formula is C35H69NO8. The summed E-state index contributed by atoms with van der Waals surface area (Å²) in [4.78, 5) is 11.7. The number of hydrogen-bond donors (Lipinski definition) is 6. The minimum absolute atomic E-state index is 0.150. The fourth-order valence-electron chi connectivity index (χ4n) is 6.08. The minimum Gasteiger partial charge on any atom is -0.394 e. The van der Waals surface area contributed by atoms with Crippen molar-refractivity contribution < 1.29 is 39.8 Å². The maximum atomic E-state index is 11.7. The maximum Gasteiger partial charge on any atom is 0.217 e. The third-order valence-corrected chi connectivity index (χ3v) is 9.00. The van der Waals surface area contributed by atoms with Crippen LogP contribution in [-0.4, -0.2) is 87.5 Å². The van der Waals surface area contributed by atoms with Gasteiger partial charge >= 0.3 is 0 Å². The molecule has 262 valence electrons. The molecule has 0 spiro atoms. The molecule has 1 fully saturated rings. The monoisotopic (exact) mass is 632 g/mol. The molecule has 44 heavy (non-hydrogen) atoms. The minimum atomic E-state index is -1.54. The molecule has 9 nitrogen and oxygen atoms in total. The van der Waals surface area contributed by atoms with Crippen molar-refractivity contribution in [3.63, 3.8) is 0 Å². The van der Waals surface area contributed by atoms with Crippen molar-refractivity contribution in [2.75, 3.05) is 13.2 Å². The van der Waals surface area contributed by atoms with Crippen molar-refractivity contribution in [1.29, 1.82) is 0 Å². The second kappa shape index (κ2) is 27.3. The zero-order valence-corrected chi connectivity index (χ0v) is 28.2. The number of nitrogens with one attached hydrogen (secondary N) is 1. The number of aliphatic hydroxyl groups is 5. The van der Waals surface area contributed by atoms with Gasteiger partial charge in [0, 0.05) is 6.92 Å². The Morgan fingerprint density at radius 1 is 0.682 bits per heavy atom. The Balaban J connectivity index is 2.00. The molecule has 1 aliphatic heterocycles. The predicted molar refractivity (Wildman–Crippen MR) is 175 cm³/mol. The molecular weight excluding hydrogens is 562 g/mol. The van der Waals surface area contributed by atoms with Gasteiger partial charge in [0.15, 0.2) is 6.29 Å². The van der Waals surface area contributed by atoms with E-state index in [-0.39, 0.29) is 12.5 Å². The summed E-state index contributed by atoms with van der Waals surface area (Å²) >= 11 is 0. The Morgan fingerprint density at radius 2 is 1.09 bits per heavy atom. The van der Waals surface area contributed by atoms with E-state index in [1.807, 2.05) is 0 Å². The topological polar surface area (TPSA) is 149 Å². The van der Waals surface area contributed by atoms with Crippen LogP contribution in [0.1, 0.15) is 162 Å². The Kier molecular flexibility index (Phi) is 25.6. The summed E-state index contributed by atoms with van der Waals surface area (Å²) in [5.41, 5.74) is 0. The van der Waals surface area contributed by atoms with E-state index in [0.29, 0.717) is 6.42 Å². The standard InChI is InChI=1S/C35H69NO8/c1-3-4-5-6-7-8-9-10-11-12-13-14-15-16-17-18-19-20-21-22-23-24-25-30(39)29(36-28(2)38)27-43-35-34(42)33(41)32(40)31(26-37)44-35/h29-35,37,39-42H,3-27H2,1-2H3,(H,36,38). The van der Waals surface area contributed by atoms with Gasteiger partial charge in [0.25, 0.3) is 0 Å². The fraction of sp³-hybridized carbons (Fsp3) is 0.971. The maximum absolute atomic E-state index is 11.7. The number of rotatable bonds is 29. The highest BCUT2D eigenvalue weighted by Crippen LogP contribution is 2.23. The SMILES string of the molecule is CCCCCCCCCCCCCCCCCCCCCCCCC(O)C(COC1OC(CO)C(O)C(O)C1O)NC(C)=O. The molecule has 0 saturated carbocycles. The van der Waals surface area contributed by atoms with Crippen molar-refractivity contribution >= 4 is 5.91 Å². The van der Waals surface area contributed by atoms with E-state index < -0.39 is 49.5 Å². The number of amides is 1. The lowest BCUT2D eigenvalue weighted by Gasteiger charge is -2.40. The van der Waals surface area contributed by atoms with Crippen LogP contribution >= 0.6 is 0 Å². The van der Waals surface area contributed by atoms with Crippen LogP contribution in [0.15, 0.2) is 0 Å². The van der Waals surface area contributed by atoms with E-state index in [4.69, 9.17) is 9.47 Å². The predicted octanol–water partition coefficient (Wildman–Crippen LogP) is 5.66. The number of unbranched alkanes of at least 4 members (excludes halogenated alkanes) is 21. The first-order chi connectivity index (χ1) is 21.3. The van der Waals surface area contributed by atoms with Crippen LogP contribution in [0.2, 0.25) is 0 Å². The number of hydrogen-bond acceptors (Lipinski definition) is 8. The highest BCUT2D eigenvalue weighted by Gasteiger charge is 2.44. The van der Waals surface area contributed by atoms with Crippen LogP contribution in [0.5, 0.6) is 0 Å². The van der Waals surface area contributed by atoms with Crippen LogP contribution in [0.25, 0.3) is 0 Å². The molecule has 1 aliphatic rings. The lowest BCUT2D eigenvalue weighted by molar-refractivity contribution is -0.302. The van der Waals surface area contributed by atoms with Crippen molar-refractivity contribution in [1.82, 2.24) is 5.32 Å². The molecule has 0 radical (unpaired) electrons. The van der Waals surface area contributed by atoms with Gasteiger partial charge in [-0.2, -0.15) is 0 Å². The Morgan fingerprint density at radius 3 is 1.48 bits per heavy atom. The molecule has 0 aromatic heterocycles. The summed E-state index contributed by atoms with van der Waals surface area (Å²) in [5, 5.41) is 52.7. The average molecular weight is 632 g/mol. The van der Waals surface area contributed by atoms with Crippen LogP contribution in [0.4, 0.5) is 0 Å². The molecule has 0 bridgehead atoms. The molecule has 1 saturated heterocycles. The summed E-state index contributed by atoms with van der Waals surface area (Å²) in [6.45, 7) is 2.93. The third kappa shape index (κ3) is 19.6. The highest BCUT2D eigenvalue weighted by molar-refractivity contribution is 5.73. The van der Waals surface area contributed by atoms with E-state index >= 15 is 0 Å². The van der Waals surface area contributed by atoms with Gasteiger partial charge < -0.3 is 40.3 Å². The van der Waals surface area contributed by atoms with Gasteiger partial charge in [-0.25, -0.2) is 0 Å². The van der Waals surface area contributed by atoms with Gasteiger partial charge in [-0.05, 0) is 6.42 Å². The largest absolute Gasteiger partial charge is 0.394 e. The van der Waals surface area contributed by atoms with Crippen molar-refractivity contribution in [2.24, 2.45) is 0 Å². The molecule has 0 aliphatic carbocycles. The van der Waals surface area contributed by atoms with Gasteiger partial charge in [0.2, 0.25) is 5.91 Å². The summed E-state index contributed by atoms with van der Waals surface area (Å²) in [7, 11) is 0. The van der Waals surface area contributed by atoms with Crippen molar-refractivity contribution in [2.45, 2.75) is 204 Å². The molecule has 1 amide bonds. The van der Waals surface area contributed by atoms with Crippen LogP contribution < -0.4 is 5.32 Å². The van der Waals surface area contributed by atoms with E-state index in [1.54, 1.807) is 0 Å². The zero-order chi connectivity index (χ0) is 32.4. The molecule has 6 N–H and O–H groups in total. The lowest BCUT2D eigenvalue weighted by atomic mass is 9.99. The number of aliphatic hydroxyl groups excluding tert-OH is 5. The van der Waals surface area contributed by atoms with Gasteiger partial charge in [-0.15, -0.1) is 0 Å². The second-order valence-corrected chi connectivity index (χ2v) is 13.1. The molecule has 9 heteroatoms. The number of carbonyl (C=O) groups excluding carboxylic acids is 1. The molecule has 7 unspecified atom stereocenters. The molecule has 1 rings (SSSR count). The van der Waals surface area contributed by atoms with Crippen LogP contribution in [0.3, 0.4) is 0 Å². The number of carbonyl (C=O) groups is 1. The second-order valence-electron chi connectivity index (χ2n) is 13.1. The lowest BCUT2D eigenvalue weighted by Crippen LogP contribution is -2.60. The molecule has 1 heterocycles. The van der Waals surface area contributed by atoms with Crippen molar-refractivity contribution in [3.05, 3.63) is 0 Å². The summed E-state index contributed by atoms with van der Waals surface area (Å²) in [5.74, 6) is -0.319.